The highest BCUT2D eigenvalue weighted by Crippen LogP contribution is 2.19. The third kappa shape index (κ3) is 3.92. The predicted molar refractivity (Wildman–Crippen MR) is 87.2 cm³/mol. The summed E-state index contributed by atoms with van der Waals surface area (Å²) in [5, 5.41) is 0. The SMILES string of the molecule is Cc1ccc(CCC(=O)N(C)c2ccccc2CN)cc1. The fourth-order valence-corrected chi connectivity index (χ4v) is 2.32. The average Bonchev–Trinajstić information content (AvgIpc) is 2.53. The molecule has 1 amide bonds. The van der Waals surface area contributed by atoms with Crippen molar-refractivity contribution in [2.75, 3.05) is 11.9 Å². The molecule has 21 heavy (non-hydrogen) atoms. The molecule has 0 aliphatic heterocycles. The summed E-state index contributed by atoms with van der Waals surface area (Å²) in [5.74, 6) is 0.108. The van der Waals surface area contributed by atoms with Gasteiger partial charge in [0.05, 0.1) is 0 Å². The van der Waals surface area contributed by atoms with Crippen molar-refractivity contribution in [2.45, 2.75) is 26.3 Å². The minimum absolute atomic E-state index is 0.108. The van der Waals surface area contributed by atoms with Gasteiger partial charge in [-0.3, -0.25) is 4.79 Å². The van der Waals surface area contributed by atoms with Crippen LogP contribution < -0.4 is 10.6 Å². The molecule has 0 spiro atoms. The van der Waals surface area contributed by atoms with Crippen molar-refractivity contribution in [3.05, 3.63) is 65.2 Å². The summed E-state index contributed by atoms with van der Waals surface area (Å²) in [4.78, 5) is 14.0. The average molecular weight is 282 g/mol. The molecule has 0 aliphatic rings. The zero-order chi connectivity index (χ0) is 15.2. The Morgan fingerprint density at radius 3 is 2.43 bits per heavy atom. The smallest absolute Gasteiger partial charge is 0.227 e. The van der Waals surface area contributed by atoms with Gasteiger partial charge in [-0.15, -0.1) is 0 Å². The van der Waals surface area contributed by atoms with Gasteiger partial charge in [0.25, 0.3) is 0 Å². The summed E-state index contributed by atoms with van der Waals surface area (Å²) in [6.45, 7) is 2.50. The largest absolute Gasteiger partial charge is 0.326 e. The molecule has 0 aliphatic carbocycles. The number of rotatable bonds is 5. The molecule has 0 fully saturated rings. The molecule has 0 radical (unpaired) electrons. The topological polar surface area (TPSA) is 46.3 Å². The van der Waals surface area contributed by atoms with Gasteiger partial charge in [-0.25, -0.2) is 0 Å². The zero-order valence-corrected chi connectivity index (χ0v) is 12.7. The second kappa shape index (κ2) is 7.04. The molecule has 2 N–H and O–H groups in total. The van der Waals surface area contributed by atoms with Crippen LogP contribution in [0, 0.1) is 6.92 Å². The third-order valence-electron chi connectivity index (χ3n) is 3.70. The van der Waals surface area contributed by atoms with Crippen molar-refractivity contribution in [1.29, 1.82) is 0 Å². The maximum atomic E-state index is 12.3. The molecule has 110 valence electrons. The van der Waals surface area contributed by atoms with E-state index in [1.165, 1.54) is 11.1 Å². The number of amides is 1. The number of para-hydroxylation sites is 1. The van der Waals surface area contributed by atoms with E-state index < -0.39 is 0 Å². The Hall–Kier alpha value is -2.13. The normalized spacial score (nSPS) is 10.4. The van der Waals surface area contributed by atoms with E-state index in [-0.39, 0.29) is 5.91 Å². The van der Waals surface area contributed by atoms with Gasteiger partial charge in [0.1, 0.15) is 0 Å². The zero-order valence-electron chi connectivity index (χ0n) is 12.7. The molecule has 2 aromatic rings. The van der Waals surface area contributed by atoms with E-state index >= 15 is 0 Å². The van der Waals surface area contributed by atoms with Crippen LogP contribution in [0.3, 0.4) is 0 Å². The number of carbonyl (C=O) groups excluding carboxylic acids is 1. The number of anilines is 1. The Labute approximate surface area is 126 Å². The van der Waals surface area contributed by atoms with E-state index in [1.54, 1.807) is 4.90 Å². The van der Waals surface area contributed by atoms with Crippen molar-refractivity contribution in [3.8, 4) is 0 Å². The van der Waals surface area contributed by atoms with Crippen LogP contribution in [-0.4, -0.2) is 13.0 Å². The third-order valence-corrected chi connectivity index (χ3v) is 3.70. The molecule has 2 aromatic carbocycles. The van der Waals surface area contributed by atoms with Crippen molar-refractivity contribution in [3.63, 3.8) is 0 Å². The van der Waals surface area contributed by atoms with E-state index in [1.807, 2.05) is 31.3 Å². The molecule has 0 saturated heterocycles. The van der Waals surface area contributed by atoms with Gasteiger partial charge in [0.2, 0.25) is 5.91 Å². The number of nitrogens with two attached hydrogens (primary N) is 1. The van der Waals surface area contributed by atoms with E-state index in [4.69, 9.17) is 5.73 Å². The first kappa shape index (κ1) is 15.3. The Balaban J connectivity index is 2.01. The van der Waals surface area contributed by atoms with Crippen LogP contribution in [-0.2, 0) is 17.8 Å². The van der Waals surface area contributed by atoms with Crippen molar-refractivity contribution in [1.82, 2.24) is 0 Å². The second-order valence-corrected chi connectivity index (χ2v) is 5.27. The van der Waals surface area contributed by atoms with Gasteiger partial charge >= 0.3 is 0 Å². The number of benzene rings is 2. The fraction of sp³-hybridized carbons (Fsp3) is 0.278. The molecule has 3 nitrogen and oxygen atoms in total. The lowest BCUT2D eigenvalue weighted by Crippen LogP contribution is -2.27. The van der Waals surface area contributed by atoms with Crippen molar-refractivity contribution < 1.29 is 4.79 Å². The van der Waals surface area contributed by atoms with Crippen molar-refractivity contribution >= 4 is 11.6 Å². The number of hydrogen-bond acceptors (Lipinski definition) is 2. The summed E-state index contributed by atoms with van der Waals surface area (Å²) < 4.78 is 0. The standard InChI is InChI=1S/C18H22N2O/c1-14-7-9-15(10-8-14)11-12-18(21)20(2)17-6-4-3-5-16(17)13-19/h3-10H,11-13,19H2,1-2H3. The summed E-state index contributed by atoms with van der Waals surface area (Å²) in [5.41, 5.74) is 10.0. The van der Waals surface area contributed by atoms with Gasteiger partial charge < -0.3 is 10.6 Å². The van der Waals surface area contributed by atoms with Crippen molar-refractivity contribution in [2.24, 2.45) is 5.73 Å². The molecule has 3 heteroatoms. The molecular formula is C18H22N2O. The maximum absolute atomic E-state index is 12.3. The minimum Gasteiger partial charge on any atom is -0.326 e. The van der Waals surface area contributed by atoms with Crippen LogP contribution in [0.2, 0.25) is 0 Å². The van der Waals surface area contributed by atoms with E-state index in [0.29, 0.717) is 13.0 Å². The lowest BCUT2D eigenvalue weighted by atomic mass is 10.1. The Morgan fingerprint density at radius 2 is 1.76 bits per heavy atom. The van der Waals surface area contributed by atoms with Gasteiger partial charge in [0.15, 0.2) is 0 Å². The minimum atomic E-state index is 0.108. The molecule has 0 saturated carbocycles. The quantitative estimate of drug-likeness (QED) is 0.916. The van der Waals surface area contributed by atoms with Gasteiger partial charge in [0, 0.05) is 25.7 Å². The predicted octanol–water partition coefficient (Wildman–Crippen LogP) is 3.05. The van der Waals surface area contributed by atoms with Crippen LogP contribution >= 0.6 is 0 Å². The molecule has 0 heterocycles. The van der Waals surface area contributed by atoms with Crippen LogP contribution in [0.15, 0.2) is 48.5 Å². The summed E-state index contributed by atoms with van der Waals surface area (Å²) in [6.07, 6.45) is 1.26. The molecule has 0 unspecified atom stereocenters. The Morgan fingerprint density at radius 1 is 1.10 bits per heavy atom. The summed E-state index contributed by atoms with van der Waals surface area (Å²) >= 11 is 0. The highest BCUT2D eigenvalue weighted by molar-refractivity contribution is 5.93. The van der Waals surface area contributed by atoms with E-state index in [9.17, 15) is 4.79 Å². The first-order valence-electron chi connectivity index (χ1n) is 7.22. The number of aryl methyl sites for hydroxylation is 2. The lowest BCUT2D eigenvalue weighted by Gasteiger charge is -2.20. The Bertz CT molecular complexity index is 605. The first-order chi connectivity index (χ1) is 10.1. The lowest BCUT2D eigenvalue weighted by molar-refractivity contribution is -0.118. The summed E-state index contributed by atoms with van der Waals surface area (Å²) in [7, 11) is 1.81. The van der Waals surface area contributed by atoms with Gasteiger partial charge in [-0.05, 0) is 30.5 Å². The first-order valence-corrected chi connectivity index (χ1v) is 7.22. The number of hydrogen-bond donors (Lipinski definition) is 1. The maximum Gasteiger partial charge on any atom is 0.227 e. The fourth-order valence-electron chi connectivity index (χ4n) is 2.32. The van der Waals surface area contributed by atoms with Crippen LogP contribution in [0.4, 0.5) is 5.69 Å². The number of nitrogens with zero attached hydrogens (tertiary/aromatic N) is 1. The molecule has 0 atom stereocenters. The number of carbonyl (C=O) groups is 1. The molecule has 0 aromatic heterocycles. The van der Waals surface area contributed by atoms with Crippen LogP contribution in [0.25, 0.3) is 0 Å². The molecular weight excluding hydrogens is 260 g/mol. The van der Waals surface area contributed by atoms with Crippen LogP contribution in [0.5, 0.6) is 0 Å². The highest BCUT2D eigenvalue weighted by atomic mass is 16.2. The monoisotopic (exact) mass is 282 g/mol. The Kier molecular flexibility index (Phi) is 5.12. The van der Waals surface area contributed by atoms with E-state index in [0.717, 1.165) is 17.7 Å². The van der Waals surface area contributed by atoms with Gasteiger partial charge in [-0.1, -0.05) is 48.0 Å². The highest BCUT2D eigenvalue weighted by Gasteiger charge is 2.13. The molecule has 2 rings (SSSR count). The van der Waals surface area contributed by atoms with E-state index in [2.05, 4.69) is 31.2 Å². The van der Waals surface area contributed by atoms with Gasteiger partial charge in [-0.2, -0.15) is 0 Å². The second-order valence-electron chi connectivity index (χ2n) is 5.27. The van der Waals surface area contributed by atoms with Crippen LogP contribution in [0.1, 0.15) is 23.1 Å². The summed E-state index contributed by atoms with van der Waals surface area (Å²) in [6, 6.07) is 16.1. The molecule has 0 bridgehead atoms.